The Morgan fingerprint density at radius 2 is 1.78 bits per heavy atom. The lowest BCUT2D eigenvalue weighted by molar-refractivity contribution is 0.317. The maximum absolute atomic E-state index is 4.51. The van der Waals surface area contributed by atoms with E-state index in [2.05, 4.69) is 41.5 Å². The van der Waals surface area contributed by atoms with Crippen molar-refractivity contribution in [3.05, 3.63) is 49.1 Å². The summed E-state index contributed by atoms with van der Waals surface area (Å²) in [4.78, 5) is 18.3. The van der Waals surface area contributed by atoms with Gasteiger partial charge in [0.05, 0.1) is 0 Å². The second-order valence-electron chi connectivity index (χ2n) is 7.57. The van der Waals surface area contributed by atoms with E-state index in [9.17, 15) is 0 Å². The van der Waals surface area contributed by atoms with Gasteiger partial charge in [-0.1, -0.05) is 0 Å². The minimum absolute atomic E-state index is 0.717. The molecule has 8 heteroatoms. The van der Waals surface area contributed by atoms with Gasteiger partial charge in [0.15, 0.2) is 5.82 Å². The van der Waals surface area contributed by atoms with E-state index >= 15 is 0 Å². The van der Waals surface area contributed by atoms with E-state index in [1.165, 1.54) is 18.9 Å². The molecule has 5 heterocycles. The van der Waals surface area contributed by atoms with E-state index in [4.69, 9.17) is 0 Å². The van der Waals surface area contributed by atoms with Gasteiger partial charge in [0, 0.05) is 77.0 Å². The fraction of sp³-hybridized carbons (Fsp3) is 0.474. The molecule has 0 spiro atoms. The average Bonchev–Trinajstić information content (AvgIpc) is 3.44. The van der Waals surface area contributed by atoms with Crippen molar-refractivity contribution < 1.29 is 0 Å². The number of rotatable bonds is 5. The fourth-order valence-corrected chi connectivity index (χ4v) is 4.40. The van der Waals surface area contributed by atoms with Crippen LogP contribution in [0.2, 0.25) is 0 Å². The van der Waals surface area contributed by atoms with Crippen LogP contribution in [0.25, 0.3) is 5.82 Å². The zero-order valence-electron chi connectivity index (χ0n) is 15.5. The molecule has 5 rings (SSSR count). The number of hydrogen-bond acceptors (Lipinski definition) is 6. The summed E-state index contributed by atoms with van der Waals surface area (Å²) in [6.07, 6.45) is 10.2. The summed E-state index contributed by atoms with van der Waals surface area (Å²) < 4.78 is 3.90. The van der Waals surface area contributed by atoms with Crippen LogP contribution in [0, 0.1) is 11.8 Å². The maximum Gasteiger partial charge on any atom is 0.158 e. The molecule has 0 aliphatic carbocycles. The number of likely N-dealkylation sites (tertiary alicyclic amines) is 1. The highest BCUT2D eigenvalue weighted by Crippen LogP contribution is 2.33. The van der Waals surface area contributed by atoms with Crippen LogP contribution in [0.4, 0.5) is 5.82 Å². The van der Waals surface area contributed by atoms with E-state index in [0.29, 0.717) is 0 Å². The molecule has 2 atom stereocenters. The molecule has 3 aromatic heterocycles. The second-order valence-corrected chi connectivity index (χ2v) is 7.57. The number of anilines is 1. The Bertz CT molecular complexity index is 888. The van der Waals surface area contributed by atoms with Crippen LogP contribution >= 0.6 is 0 Å². The van der Waals surface area contributed by atoms with E-state index < -0.39 is 0 Å². The molecular formula is C19H24N8. The zero-order chi connectivity index (χ0) is 18.2. The summed E-state index contributed by atoms with van der Waals surface area (Å²) in [5, 5.41) is 4.26. The predicted octanol–water partition coefficient (Wildman–Crippen LogP) is 1.01. The van der Waals surface area contributed by atoms with Gasteiger partial charge in [0.25, 0.3) is 0 Å². The maximum atomic E-state index is 4.51. The van der Waals surface area contributed by atoms with E-state index in [0.717, 1.165) is 49.5 Å². The molecule has 2 fully saturated rings. The minimum atomic E-state index is 0.717. The molecule has 27 heavy (non-hydrogen) atoms. The highest BCUT2D eigenvalue weighted by atomic mass is 15.3. The first-order valence-corrected chi connectivity index (χ1v) is 9.52. The van der Waals surface area contributed by atoms with E-state index in [1.807, 2.05) is 30.7 Å². The van der Waals surface area contributed by atoms with Crippen molar-refractivity contribution in [3.8, 4) is 5.82 Å². The van der Waals surface area contributed by atoms with Crippen LogP contribution in [-0.2, 0) is 13.5 Å². The molecule has 3 aromatic rings. The number of imidazole rings is 1. The van der Waals surface area contributed by atoms with E-state index in [-0.39, 0.29) is 0 Å². The molecule has 0 aromatic carbocycles. The number of aryl methyl sites for hydroxylation is 1. The third-order valence-electron chi connectivity index (χ3n) is 5.84. The van der Waals surface area contributed by atoms with Gasteiger partial charge in [0.1, 0.15) is 18.0 Å². The standard InChI is InChI=1S/C19H24N8/c1-24-8-5-20-17(24)3-7-25-10-15-12-26(13-16(15)11-25)18-9-19(22-14-21-18)27-6-2-4-23-27/h2,4-6,8-9,14-16H,3,7,10-13H2,1H3. The van der Waals surface area contributed by atoms with Gasteiger partial charge in [-0.15, -0.1) is 0 Å². The van der Waals surface area contributed by atoms with Crippen LogP contribution in [0.3, 0.4) is 0 Å². The Hall–Kier alpha value is -2.74. The van der Waals surface area contributed by atoms with Gasteiger partial charge < -0.3 is 14.4 Å². The van der Waals surface area contributed by atoms with Gasteiger partial charge in [-0.3, -0.25) is 0 Å². The molecule has 0 amide bonds. The van der Waals surface area contributed by atoms with Crippen molar-refractivity contribution >= 4 is 5.82 Å². The predicted molar refractivity (Wildman–Crippen MR) is 102 cm³/mol. The highest BCUT2D eigenvalue weighted by Gasteiger charge is 2.40. The van der Waals surface area contributed by atoms with Gasteiger partial charge >= 0.3 is 0 Å². The molecule has 0 radical (unpaired) electrons. The first-order chi connectivity index (χ1) is 13.3. The summed E-state index contributed by atoms with van der Waals surface area (Å²) in [5.74, 6) is 4.42. The van der Waals surface area contributed by atoms with Crippen molar-refractivity contribution in [2.45, 2.75) is 6.42 Å². The van der Waals surface area contributed by atoms with Gasteiger partial charge in [-0.2, -0.15) is 5.10 Å². The molecule has 8 nitrogen and oxygen atoms in total. The van der Waals surface area contributed by atoms with E-state index in [1.54, 1.807) is 17.2 Å². The summed E-state index contributed by atoms with van der Waals surface area (Å²) in [6, 6.07) is 3.94. The monoisotopic (exact) mass is 364 g/mol. The van der Waals surface area contributed by atoms with Gasteiger partial charge in [-0.05, 0) is 17.9 Å². The lowest BCUT2D eigenvalue weighted by Crippen LogP contribution is -2.31. The number of fused-ring (bicyclic) bond motifs is 1. The van der Waals surface area contributed by atoms with Crippen molar-refractivity contribution in [3.63, 3.8) is 0 Å². The largest absolute Gasteiger partial charge is 0.356 e. The number of aromatic nitrogens is 6. The lowest BCUT2D eigenvalue weighted by Gasteiger charge is -2.22. The Morgan fingerprint density at radius 3 is 2.48 bits per heavy atom. The zero-order valence-corrected chi connectivity index (χ0v) is 15.5. The summed E-state index contributed by atoms with van der Waals surface area (Å²) in [6.45, 7) is 5.57. The first kappa shape index (κ1) is 16.4. The lowest BCUT2D eigenvalue weighted by atomic mass is 10.0. The second kappa shape index (κ2) is 6.77. The smallest absolute Gasteiger partial charge is 0.158 e. The summed E-state index contributed by atoms with van der Waals surface area (Å²) >= 11 is 0. The Balaban J connectivity index is 1.20. The Morgan fingerprint density at radius 1 is 0.963 bits per heavy atom. The molecular weight excluding hydrogens is 340 g/mol. The van der Waals surface area contributed by atoms with Crippen molar-refractivity contribution in [1.82, 2.24) is 34.2 Å². The Kier molecular flexibility index (Phi) is 4.12. The Labute approximate surface area is 158 Å². The molecule has 2 aliphatic rings. The van der Waals surface area contributed by atoms with Crippen LogP contribution in [0.15, 0.2) is 43.2 Å². The highest BCUT2D eigenvalue weighted by molar-refractivity contribution is 5.44. The molecule has 0 bridgehead atoms. The average molecular weight is 364 g/mol. The SMILES string of the molecule is Cn1ccnc1CCN1CC2CN(c3cc(-n4cccn4)ncn3)CC2C1. The molecule has 140 valence electrons. The topological polar surface area (TPSA) is 67.9 Å². The van der Waals surface area contributed by atoms with Gasteiger partial charge in [-0.25, -0.2) is 19.6 Å². The minimum Gasteiger partial charge on any atom is -0.356 e. The van der Waals surface area contributed by atoms with Crippen LogP contribution < -0.4 is 4.90 Å². The third-order valence-corrected chi connectivity index (χ3v) is 5.84. The normalized spacial score (nSPS) is 22.5. The molecule has 2 aliphatic heterocycles. The van der Waals surface area contributed by atoms with Gasteiger partial charge in [0.2, 0.25) is 0 Å². The summed E-state index contributed by atoms with van der Waals surface area (Å²) in [5.41, 5.74) is 0. The van der Waals surface area contributed by atoms with Crippen molar-refractivity contribution in [2.24, 2.45) is 18.9 Å². The molecule has 0 N–H and O–H groups in total. The summed E-state index contributed by atoms with van der Waals surface area (Å²) in [7, 11) is 2.07. The van der Waals surface area contributed by atoms with Crippen LogP contribution in [0.1, 0.15) is 5.82 Å². The number of hydrogen-bond donors (Lipinski definition) is 0. The van der Waals surface area contributed by atoms with Crippen LogP contribution in [-0.4, -0.2) is 66.9 Å². The quantitative estimate of drug-likeness (QED) is 0.673. The fourth-order valence-electron chi connectivity index (χ4n) is 4.40. The van der Waals surface area contributed by atoms with Crippen molar-refractivity contribution in [1.29, 1.82) is 0 Å². The third kappa shape index (κ3) is 3.21. The number of nitrogens with zero attached hydrogens (tertiary/aromatic N) is 8. The molecule has 2 saturated heterocycles. The molecule has 2 unspecified atom stereocenters. The van der Waals surface area contributed by atoms with Crippen molar-refractivity contribution in [2.75, 3.05) is 37.6 Å². The first-order valence-electron chi connectivity index (χ1n) is 9.52. The molecule has 0 saturated carbocycles. The van der Waals surface area contributed by atoms with Crippen LogP contribution in [0.5, 0.6) is 0 Å².